The summed E-state index contributed by atoms with van der Waals surface area (Å²) in [4.78, 5) is 12.4. The van der Waals surface area contributed by atoms with E-state index in [1.165, 1.54) is 11.1 Å². The van der Waals surface area contributed by atoms with Gasteiger partial charge in [-0.1, -0.05) is 84.0 Å². The Kier molecular flexibility index (Phi) is 7.87. The molecular weight excluding hydrogens is 466 g/mol. The quantitative estimate of drug-likeness (QED) is 0.304. The summed E-state index contributed by atoms with van der Waals surface area (Å²) < 4.78 is 1.97. The largest absolute Gasteiger partial charge is 0.334 e. The molecule has 0 aliphatic carbocycles. The maximum Gasteiger partial charge on any atom is 0.315 e. The predicted octanol–water partition coefficient (Wildman–Crippen LogP) is 5.83. The predicted molar refractivity (Wildman–Crippen MR) is 137 cm³/mol. The zero-order valence-electron chi connectivity index (χ0n) is 19.1. The van der Waals surface area contributed by atoms with Gasteiger partial charge in [-0.15, -0.1) is 10.2 Å². The second kappa shape index (κ2) is 11.2. The number of nitrogens with zero attached hydrogens (tertiary/aromatic N) is 3. The van der Waals surface area contributed by atoms with Gasteiger partial charge >= 0.3 is 6.03 Å². The number of rotatable bonds is 8. The molecular formula is C26H26ClN5OS. The molecule has 0 aliphatic heterocycles. The number of halogens is 1. The first-order valence-corrected chi connectivity index (χ1v) is 12.3. The SMILES string of the molecule is Cc1ccccc1CSc1nnc(CNC(=O)NCc2ccccc2)n1-c1cc(Cl)ccc1C. The average molecular weight is 492 g/mol. The molecule has 0 atom stereocenters. The van der Waals surface area contributed by atoms with Crippen molar-refractivity contribution in [2.75, 3.05) is 0 Å². The van der Waals surface area contributed by atoms with Gasteiger partial charge in [0.25, 0.3) is 0 Å². The molecule has 0 fully saturated rings. The second-order valence-electron chi connectivity index (χ2n) is 7.90. The van der Waals surface area contributed by atoms with Crippen LogP contribution in [0.3, 0.4) is 0 Å². The van der Waals surface area contributed by atoms with Gasteiger partial charge in [0.15, 0.2) is 11.0 Å². The van der Waals surface area contributed by atoms with E-state index >= 15 is 0 Å². The number of benzene rings is 3. The van der Waals surface area contributed by atoms with E-state index in [9.17, 15) is 4.79 Å². The van der Waals surface area contributed by atoms with Gasteiger partial charge in [0.05, 0.1) is 12.2 Å². The molecule has 0 unspecified atom stereocenters. The monoisotopic (exact) mass is 491 g/mol. The zero-order chi connectivity index (χ0) is 23.9. The molecule has 4 rings (SSSR count). The lowest BCUT2D eigenvalue weighted by molar-refractivity contribution is 0.240. The summed E-state index contributed by atoms with van der Waals surface area (Å²) in [5.41, 5.74) is 5.44. The van der Waals surface area contributed by atoms with Crippen LogP contribution in [0.15, 0.2) is 78.0 Å². The van der Waals surface area contributed by atoms with Crippen LogP contribution >= 0.6 is 23.4 Å². The Morgan fingerprint density at radius 1 is 0.912 bits per heavy atom. The van der Waals surface area contributed by atoms with Gasteiger partial charge in [-0.05, 0) is 48.2 Å². The molecule has 0 radical (unpaired) electrons. The van der Waals surface area contributed by atoms with Crippen molar-refractivity contribution in [2.24, 2.45) is 0 Å². The summed E-state index contributed by atoms with van der Waals surface area (Å²) in [6, 6.07) is 23.5. The topological polar surface area (TPSA) is 71.8 Å². The van der Waals surface area contributed by atoms with Crippen molar-refractivity contribution < 1.29 is 4.79 Å². The van der Waals surface area contributed by atoms with Crippen molar-refractivity contribution in [3.8, 4) is 5.69 Å². The van der Waals surface area contributed by atoms with E-state index in [1.807, 2.05) is 72.2 Å². The van der Waals surface area contributed by atoms with E-state index in [0.29, 0.717) is 17.4 Å². The van der Waals surface area contributed by atoms with Crippen LogP contribution in [0.1, 0.15) is 28.1 Å². The van der Waals surface area contributed by atoms with Crippen LogP contribution in [0, 0.1) is 13.8 Å². The van der Waals surface area contributed by atoms with Crippen LogP contribution in [-0.4, -0.2) is 20.8 Å². The molecule has 1 heterocycles. The molecule has 4 aromatic rings. The third kappa shape index (κ3) is 5.98. The van der Waals surface area contributed by atoms with Crippen LogP contribution in [0.25, 0.3) is 5.69 Å². The number of hydrogen-bond donors (Lipinski definition) is 2. The number of aromatic nitrogens is 3. The van der Waals surface area contributed by atoms with Crippen LogP contribution in [0.4, 0.5) is 4.79 Å². The third-order valence-electron chi connectivity index (χ3n) is 5.43. The highest BCUT2D eigenvalue weighted by Crippen LogP contribution is 2.29. The van der Waals surface area contributed by atoms with Crippen molar-refractivity contribution in [2.45, 2.75) is 37.8 Å². The Morgan fingerprint density at radius 2 is 1.65 bits per heavy atom. The fourth-order valence-electron chi connectivity index (χ4n) is 3.49. The van der Waals surface area contributed by atoms with E-state index in [4.69, 9.17) is 11.6 Å². The highest BCUT2D eigenvalue weighted by atomic mass is 35.5. The van der Waals surface area contributed by atoms with Gasteiger partial charge in [0.2, 0.25) is 0 Å². The Hall–Kier alpha value is -3.29. The van der Waals surface area contributed by atoms with Gasteiger partial charge in [-0.3, -0.25) is 4.57 Å². The second-order valence-corrected chi connectivity index (χ2v) is 9.28. The average Bonchev–Trinajstić information content (AvgIpc) is 3.25. The fraction of sp³-hybridized carbons (Fsp3) is 0.192. The highest BCUT2D eigenvalue weighted by Gasteiger charge is 2.17. The van der Waals surface area contributed by atoms with Crippen molar-refractivity contribution in [1.82, 2.24) is 25.4 Å². The van der Waals surface area contributed by atoms with E-state index in [1.54, 1.807) is 11.8 Å². The van der Waals surface area contributed by atoms with E-state index in [2.05, 4.69) is 39.9 Å². The van der Waals surface area contributed by atoms with Crippen molar-refractivity contribution in [3.63, 3.8) is 0 Å². The van der Waals surface area contributed by atoms with E-state index < -0.39 is 0 Å². The van der Waals surface area contributed by atoms with Crippen LogP contribution in [0.5, 0.6) is 0 Å². The van der Waals surface area contributed by atoms with Crippen molar-refractivity contribution in [3.05, 3.63) is 106 Å². The molecule has 1 aromatic heterocycles. The molecule has 0 bridgehead atoms. The summed E-state index contributed by atoms with van der Waals surface area (Å²) >= 11 is 7.92. The minimum Gasteiger partial charge on any atom is -0.334 e. The summed E-state index contributed by atoms with van der Waals surface area (Å²) in [7, 11) is 0. The van der Waals surface area contributed by atoms with Gasteiger partial charge in [0, 0.05) is 17.3 Å². The van der Waals surface area contributed by atoms with Gasteiger partial charge in [0.1, 0.15) is 0 Å². The Morgan fingerprint density at radius 3 is 2.44 bits per heavy atom. The molecule has 0 spiro atoms. The lowest BCUT2D eigenvalue weighted by Crippen LogP contribution is -2.35. The number of thioether (sulfide) groups is 1. The Balaban J connectivity index is 1.52. The zero-order valence-corrected chi connectivity index (χ0v) is 20.7. The standard InChI is InChI=1S/C26H26ClN5OS/c1-18-8-6-7-11-21(18)17-34-26-31-30-24(32(26)23-14-22(27)13-12-19(23)2)16-29-25(33)28-15-20-9-4-3-5-10-20/h3-14H,15-17H2,1-2H3,(H2,28,29,33). The molecule has 6 nitrogen and oxygen atoms in total. The lowest BCUT2D eigenvalue weighted by Gasteiger charge is -2.14. The maximum absolute atomic E-state index is 12.4. The molecule has 8 heteroatoms. The molecule has 3 aromatic carbocycles. The summed E-state index contributed by atoms with van der Waals surface area (Å²) in [6.07, 6.45) is 0. The Labute approximate surface area is 208 Å². The smallest absolute Gasteiger partial charge is 0.315 e. The minimum absolute atomic E-state index is 0.227. The minimum atomic E-state index is -0.268. The molecule has 2 N–H and O–H groups in total. The van der Waals surface area contributed by atoms with Crippen LogP contribution in [0.2, 0.25) is 5.02 Å². The first-order chi connectivity index (χ1) is 16.5. The molecule has 2 amide bonds. The lowest BCUT2D eigenvalue weighted by atomic mass is 10.1. The van der Waals surface area contributed by atoms with Crippen LogP contribution < -0.4 is 10.6 Å². The number of amides is 2. The van der Waals surface area contributed by atoms with E-state index in [0.717, 1.165) is 27.7 Å². The molecule has 34 heavy (non-hydrogen) atoms. The molecule has 0 aliphatic rings. The fourth-order valence-corrected chi connectivity index (χ4v) is 4.69. The Bertz CT molecular complexity index is 1280. The van der Waals surface area contributed by atoms with Gasteiger partial charge in [-0.2, -0.15) is 0 Å². The first kappa shape index (κ1) is 23.9. The number of nitrogens with one attached hydrogen (secondary N) is 2. The highest BCUT2D eigenvalue weighted by molar-refractivity contribution is 7.98. The number of aryl methyl sites for hydroxylation is 2. The number of urea groups is 1. The van der Waals surface area contributed by atoms with Crippen molar-refractivity contribution >= 4 is 29.4 Å². The molecule has 174 valence electrons. The molecule has 0 saturated heterocycles. The first-order valence-electron chi connectivity index (χ1n) is 10.9. The van der Waals surface area contributed by atoms with Gasteiger partial charge in [-0.25, -0.2) is 4.79 Å². The summed E-state index contributed by atoms with van der Waals surface area (Å²) in [5.74, 6) is 1.39. The van der Waals surface area contributed by atoms with E-state index in [-0.39, 0.29) is 12.6 Å². The van der Waals surface area contributed by atoms with Crippen molar-refractivity contribution in [1.29, 1.82) is 0 Å². The normalized spacial score (nSPS) is 10.8. The summed E-state index contributed by atoms with van der Waals surface area (Å²) in [5, 5.41) is 16.0. The number of carbonyl (C=O) groups excluding carboxylic acids is 1. The molecule has 0 saturated carbocycles. The number of hydrogen-bond acceptors (Lipinski definition) is 4. The van der Waals surface area contributed by atoms with Gasteiger partial charge < -0.3 is 10.6 Å². The maximum atomic E-state index is 12.4. The summed E-state index contributed by atoms with van der Waals surface area (Å²) in [6.45, 7) is 4.80. The third-order valence-corrected chi connectivity index (χ3v) is 6.65. The van der Waals surface area contributed by atoms with Crippen LogP contribution in [-0.2, 0) is 18.8 Å². The number of carbonyl (C=O) groups is 1.